The van der Waals surface area contributed by atoms with Crippen LogP contribution in [0.15, 0.2) is 73.1 Å². The summed E-state index contributed by atoms with van der Waals surface area (Å²) in [5.41, 5.74) is 6.57. The smallest absolute Gasteiger partial charge is 0.231 e. The first-order chi connectivity index (χ1) is 18.7. The fourth-order valence-corrected chi connectivity index (χ4v) is 5.52. The minimum atomic E-state index is -0.104. The largest absolute Gasteiger partial charge is 0.493 e. The van der Waals surface area contributed by atoms with E-state index >= 15 is 0 Å². The average molecular weight is 507 g/mol. The Morgan fingerprint density at radius 1 is 0.868 bits per heavy atom. The van der Waals surface area contributed by atoms with Gasteiger partial charge in [0.15, 0.2) is 23.0 Å². The second kappa shape index (κ2) is 8.99. The molecule has 0 bridgehead atoms. The summed E-state index contributed by atoms with van der Waals surface area (Å²) in [7, 11) is 3.26. The van der Waals surface area contributed by atoms with Crippen molar-refractivity contribution in [2.24, 2.45) is 0 Å². The summed E-state index contributed by atoms with van der Waals surface area (Å²) in [6, 6.07) is 20.3. The normalized spacial score (nSPS) is 15.9. The van der Waals surface area contributed by atoms with Gasteiger partial charge in [-0.15, -0.1) is 0 Å². The molecule has 0 saturated heterocycles. The molecule has 0 fully saturated rings. The van der Waals surface area contributed by atoms with Gasteiger partial charge >= 0.3 is 0 Å². The Morgan fingerprint density at radius 3 is 2.53 bits per heavy atom. The molecule has 0 amide bonds. The topological polar surface area (TPSA) is 81.7 Å². The lowest BCUT2D eigenvalue weighted by Gasteiger charge is -2.36. The molecule has 8 nitrogen and oxygen atoms in total. The van der Waals surface area contributed by atoms with Crippen molar-refractivity contribution in [1.29, 1.82) is 0 Å². The van der Waals surface area contributed by atoms with Gasteiger partial charge in [-0.2, -0.15) is 0 Å². The van der Waals surface area contributed by atoms with Crippen molar-refractivity contribution in [3.63, 3.8) is 0 Å². The summed E-state index contributed by atoms with van der Waals surface area (Å²) < 4.78 is 22.1. The highest BCUT2D eigenvalue weighted by Gasteiger charge is 2.34. The molecule has 1 atom stereocenters. The SMILES string of the molecule is COc1ccc(-c2cnc(N3CCc4c([nH]c5ccccc45)[C@H]3c3ccc4c(c3)OCO4)nc2)cc1OC. The van der Waals surface area contributed by atoms with Gasteiger partial charge in [0, 0.05) is 41.1 Å². The second-order valence-electron chi connectivity index (χ2n) is 9.36. The Balaban J connectivity index is 1.30. The summed E-state index contributed by atoms with van der Waals surface area (Å²) in [4.78, 5) is 15.6. The number of benzene rings is 3. The van der Waals surface area contributed by atoms with Crippen LogP contribution in [0, 0.1) is 0 Å². The lowest BCUT2D eigenvalue weighted by molar-refractivity contribution is 0.174. The van der Waals surface area contributed by atoms with E-state index in [9.17, 15) is 0 Å². The van der Waals surface area contributed by atoms with E-state index < -0.39 is 0 Å². The zero-order valence-corrected chi connectivity index (χ0v) is 21.1. The van der Waals surface area contributed by atoms with Crippen LogP contribution in [0.1, 0.15) is 22.9 Å². The monoisotopic (exact) mass is 506 g/mol. The van der Waals surface area contributed by atoms with Crippen LogP contribution < -0.4 is 23.8 Å². The maximum atomic E-state index is 5.72. The van der Waals surface area contributed by atoms with Crippen LogP contribution in [0.4, 0.5) is 5.95 Å². The first-order valence-electron chi connectivity index (χ1n) is 12.5. The lowest BCUT2D eigenvalue weighted by Crippen LogP contribution is -2.37. The van der Waals surface area contributed by atoms with Crippen LogP contribution in [0.5, 0.6) is 23.0 Å². The van der Waals surface area contributed by atoms with Gasteiger partial charge in [-0.1, -0.05) is 30.3 Å². The fraction of sp³-hybridized carbons (Fsp3) is 0.200. The number of fused-ring (bicyclic) bond motifs is 4. The molecular formula is C30H26N4O4. The summed E-state index contributed by atoms with van der Waals surface area (Å²) in [5.74, 6) is 3.54. The van der Waals surface area contributed by atoms with Crippen molar-refractivity contribution in [2.45, 2.75) is 12.5 Å². The van der Waals surface area contributed by atoms with Gasteiger partial charge < -0.3 is 28.8 Å². The van der Waals surface area contributed by atoms with E-state index in [-0.39, 0.29) is 12.8 Å². The van der Waals surface area contributed by atoms with Crippen LogP contribution in [0.25, 0.3) is 22.0 Å². The summed E-state index contributed by atoms with van der Waals surface area (Å²) in [6.45, 7) is 1.02. The molecule has 2 aliphatic rings. The predicted molar refractivity (Wildman–Crippen MR) is 144 cm³/mol. The van der Waals surface area contributed by atoms with Gasteiger partial charge in [0.25, 0.3) is 0 Å². The standard InChI is InChI=1S/C30H26N4O4/c1-35-24-9-7-18(13-26(24)36-2)20-15-31-30(32-16-20)34-12-11-22-21-5-3-4-6-23(21)33-28(22)29(34)19-8-10-25-27(14-19)38-17-37-25/h3-10,13-16,29,33H,11-12,17H2,1-2H3/t29-/m1/s1. The minimum absolute atomic E-state index is 0.104. The Bertz CT molecular complexity index is 1650. The molecule has 4 heterocycles. The van der Waals surface area contributed by atoms with E-state index in [1.807, 2.05) is 36.7 Å². The number of nitrogens with zero attached hydrogens (tertiary/aromatic N) is 3. The van der Waals surface area contributed by atoms with E-state index in [0.29, 0.717) is 17.4 Å². The number of hydrogen-bond acceptors (Lipinski definition) is 7. The molecule has 5 aromatic rings. The van der Waals surface area contributed by atoms with Crippen LogP contribution >= 0.6 is 0 Å². The third-order valence-electron chi connectivity index (χ3n) is 7.36. The van der Waals surface area contributed by atoms with Gasteiger partial charge in [-0.25, -0.2) is 9.97 Å². The zero-order valence-electron chi connectivity index (χ0n) is 21.1. The Morgan fingerprint density at radius 2 is 1.68 bits per heavy atom. The molecular weight excluding hydrogens is 480 g/mol. The third-order valence-corrected chi connectivity index (χ3v) is 7.36. The number of aromatic nitrogens is 3. The van der Waals surface area contributed by atoms with Crippen LogP contribution in [0.3, 0.4) is 0 Å². The maximum absolute atomic E-state index is 5.72. The number of para-hydroxylation sites is 1. The number of H-pyrrole nitrogens is 1. The maximum Gasteiger partial charge on any atom is 0.231 e. The molecule has 2 aromatic heterocycles. The van der Waals surface area contributed by atoms with Gasteiger partial charge in [0.1, 0.15) is 0 Å². The third kappa shape index (κ3) is 3.60. The Kier molecular flexibility index (Phi) is 5.32. The van der Waals surface area contributed by atoms with Gasteiger partial charge in [0.05, 0.1) is 20.3 Å². The average Bonchev–Trinajstić information content (AvgIpc) is 3.60. The number of hydrogen-bond donors (Lipinski definition) is 1. The molecule has 7 rings (SSSR count). The lowest BCUT2D eigenvalue weighted by atomic mass is 9.92. The molecule has 3 aromatic carbocycles. The number of rotatable bonds is 5. The van der Waals surface area contributed by atoms with Gasteiger partial charge in [-0.3, -0.25) is 0 Å². The first kappa shape index (κ1) is 22.5. The number of anilines is 1. The number of nitrogens with one attached hydrogen (secondary N) is 1. The summed E-state index contributed by atoms with van der Waals surface area (Å²) in [6.07, 6.45) is 4.61. The molecule has 8 heteroatoms. The molecule has 0 spiro atoms. The molecule has 190 valence electrons. The highest BCUT2D eigenvalue weighted by atomic mass is 16.7. The van der Waals surface area contributed by atoms with Crippen LogP contribution in [-0.4, -0.2) is 42.5 Å². The Labute approximate surface area is 219 Å². The van der Waals surface area contributed by atoms with Crippen molar-refractivity contribution in [3.05, 3.63) is 89.9 Å². The van der Waals surface area contributed by atoms with Crippen molar-refractivity contribution < 1.29 is 18.9 Å². The molecule has 1 N–H and O–H groups in total. The van der Waals surface area contributed by atoms with E-state index in [1.54, 1.807) is 14.2 Å². The fourth-order valence-electron chi connectivity index (χ4n) is 5.52. The van der Waals surface area contributed by atoms with Gasteiger partial charge in [-0.05, 0) is 53.4 Å². The quantitative estimate of drug-likeness (QED) is 0.336. The van der Waals surface area contributed by atoms with E-state index in [0.717, 1.165) is 52.4 Å². The van der Waals surface area contributed by atoms with Crippen molar-refractivity contribution >= 4 is 16.9 Å². The second-order valence-corrected chi connectivity index (χ2v) is 9.36. The van der Waals surface area contributed by atoms with Gasteiger partial charge in [0.2, 0.25) is 12.7 Å². The minimum Gasteiger partial charge on any atom is -0.493 e. The van der Waals surface area contributed by atoms with E-state index in [2.05, 4.69) is 46.3 Å². The van der Waals surface area contributed by atoms with E-state index in [4.69, 9.17) is 28.9 Å². The molecule has 38 heavy (non-hydrogen) atoms. The Hall–Kier alpha value is -4.72. The van der Waals surface area contributed by atoms with Crippen LogP contribution in [0.2, 0.25) is 0 Å². The number of methoxy groups -OCH3 is 2. The van der Waals surface area contributed by atoms with Crippen LogP contribution in [-0.2, 0) is 6.42 Å². The van der Waals surface area contributed by atoms with E-state index in [1.165, 1.54) is 10.9 Å². The molecule has 2 aliphatic heterocycles. The molecule has 0 saturated carbocycles. The predicted octanol–water partition coefficient (Wildman–Crippen LogP) is 5.52. The van der Waals surface area contributed by atoms with Crippen molar-refractivity contribution in [1.82, 2.24) is 15.0 Å². The highest BCUT2D eigenvalue weighted by Crippen LogP contribution is 2.43. The number of aromatic amines is 1. The zero-order chi connectivity index (χ0) is 25.6. The number of ether oxygens (including phenoxy) is 4. The van der Waals surface area contributed by atoms with Crippen molar-refractivity contribution in [3.8, 4) is 34.1 Å². The summed E-state index contributed by atoms with van der Waals surface area (Å²) >= 11 is 0. The molecule has 0 aliphatic carbocycles. The highest BCUT2D eigenvalue weighted by molar-refractivity contribution is 5.86. The molecule has 0 unspecified atom stereocenters. The first-order valence-corrected chi connectivity index (χ1v) is 12.5. The molecule has 0 radical (unpaired) electrons. The van der Waals surface area contributed by atoms with Crippen molar-refractivity contribution in [2.75, 3.05) is 32.5 Å². The summed E-state index contributed by atoms with van der Waals surface area (Å²) in [5, 5.41) is 1.26.